The van der Waals surface area contributed by atoms with Crippen LogP contribution in [0.15, 0.2) is 66.7 Å². The first kappa shape index (κ1) is 20.4. The lowest BCUT2D eigenvalue weighted by atomic mass is 9.91. The lowest BCUT2D eigenvalue weighted by Gasteiger charge is -2.21. The normalized spacial score (nSPS) is 12.5. The molecule has 5 rings (SSSR count). The Morgan fingerprint density at radius 2 is 1.72 bits per heavy atom. The third-order valence-electron chi connectivity index (χ3n) is 5.98. The second-order valence-electron chi connectivity index (χ2n) is 8.98. The van der Waals surface area contributed by atoms with Crippen molar-refractivity contribution >= 4 is 22.5 Å². The van der Waals surface area contributed by atoms with E-state index in [9.17, 15) is 4.79 Å². The molecule has 160 valence electrons. The molecule has 0 atom stereocenters. The van der Waals surface area contributed by atoms with Gasteiger partial charge < -0.3 is 5.32 Å². The average Bonchev–Trinajstić information content (AvgIpc) is 2.79. The molecule has 1 aromatic heterocycles. The molecule has 4 aromatic rings. The van der Waals surface area contributed by atoms with E-state index in [4.69, 9.17) is 9.97 Å². The van der Waals surface area contributed by atoms with Crippen molar-refractivity contribution in [3.05, 3.63) is 89.2 Å². The summed E-state index contributed by atoms with van der Waals surface area (Å²) in [5.41, 5.74) is 6.28. The third-order valence-corrected chi connectivity index (χ3v) is 5.98. The number of hydrogen-bond donors (Lipinski definition) is 1. The number of aryl methyl sites for hydroxylation is 2. The van der Waals surface area contributed by atoms with Crippen LogP contribution in [-0.4, -0.2) is 15.9 Å². The number of carbonyl (C=O) groups is 1. The number of benzene rings is 3. The van der Waals surface area contributed by atoms with Gasteiger partial charge in [-0.3, -0.25) is 4.79 Å². The summed E-state index contributed by atoms with van der Waals surface area (Å²) >= 11 is 0. The van der Waals surface area contributed by atoms with Gasteiger partial charge in [-0.25, -0.2) is 9.97 Å². The van der Waals surface area contributed by atoms with E-state index < -0.39 is 0 Å². The van der Waals surface area contributed by atoms with Crippen molar-refractivity contribution in [1.29, 1.82) is 0 Å². The Labute approximate surface area is 188 Å². The molecule has 0 unspecified atom stereocenters. The summed E-state index contributed by atoms with van der Waals surface area (Å²) < 4.78 is 0. The summed E-state index contributed by atoms with van der Waals surface area (Å²) in [6.45, 7) is 4.32. The first-order chi connectivity index (χ1) is 15.6. The molecule has 1 aliphatic rings. The first-order valence-corrected chi connectivity index (χ1v) is 11.3. The molecule has 1 N–H and O–H groups in total. The summed E-state index contributed by atoms with van der Waals surface area (Å²) in [5, 5.41) is 5.40. The van der Waals surface area contributed by atoms with Gasteiger partial charge in [0.2, 0.25) is 5.91 Å². The lowest BCUT2D eigenvalue weighted by Crippen LogP contribution is -2.20. The van der Waals surface area contributed by atoms with Crippen LogP contribution in [0.5, 0.6) is 0 Å². The number of fused-ring (bicyclic) bond motifs is 4. The number of nitrogens with one attached hydrogen (secondary N) is 1. The van der Waals surface area contributed by atoms with Crippen LogP contribution in [0.3, 0.4) is 0 Å². The molecule has 4 nitrogen and oxygen atoms in total. The fourth-order valence-corrected chi connectivity index (χ4v) is 4.46. The Hall–Kier alpha value is -3.53. The molecule has 0 bridgehead atoms. The maximum atomic E-state index is 12.9. The molecule has 32 heavy (non-hydrogen) atoms. The SMILES string of the molecule is CC(C)Cc1nc2c(nc1NC(=O)Cc1ccc3ccccc3c1)CCc1ccccc1-2. The van der Waals surface area contributed by atoms with E-state index in [1.54, 1.807) is 0 Å². The van der Waals surface area contributed by atoms with E-state index in [1.807, 2.05) is 18.2 Å². The van der Waals surface area contributed by atoms with E-state index in [0.29, 0.717) is 18.2 Å². The number of rotatable bonds is 5. The highest BCUT2D eigenvalue weighted by Crippen LogP contribution is 2.33. The topological polar surface area (TPSA) is 54.9 Å². The van der Waals surface area contributed by atoms with Crippen molar-refractivity contribution < 1.29 is 4.79 Å². The van der Waals surface area contributed by atoms with Crippen molar-refractivity contribution in [2.75, 3.05) is 5.32 Å². The molecule has 1 aliphatic carbocycles. The summed E-state index contributed by atoms with van der Waals surface area (Å²) in [6.07, 6.45) is 2.88. The van der Waals surface area contributed by atoms with Crippen molar-refractivity contribution in [2.24, 2.45) is 5.92 Å². The molecule has 1 heterocycles. The molecule has 0 fully saturated rings. The summed E-state index contributed by atoms with van der Waals surface area (Å²) in [6, 6.07) is 22.8. The number of hydrogen-bond acceptors (Lipinski definition) is 3. The molecule has 0 radical (unpaired) electrons. The van der Waals surface area contributed by atoms with Gasteiger partial charge >= 0.3 is 0 Å². The van der Waals surface area contributed by atoms with Gasteiger partial charge in [-0.15, -0.1) is 0 Å². The molecule has 0 spiro atoms. The molecule has 0 saturated carbocycles. The molecule has 4 heteroatoms. The zero-order chi connectivity index (χ0) is 22.1. The predicted octanol–water partition coefficient (Wildman–Crippen LogP) is 5.78. The van der Waals surface area contributed by atoms with Crippen molar-refractivity contribution in [3.8, 4) is 11.3 Å². The van der Waals surface area contributed by atoms with Gasteiger partial charge in [-0.1, -0.05) is 80.6 Å². The maximum absolute atomic E-state index is 12.9. The quantitative estimate of drug-likeness (QED) is 0.445. The standard InChI is InChI=1S/C28H27N3O/c1-18(2)15-25-28(30-24-14-13-21-8-5-6-10-23(21)27(24)29-25)31-26(32)17-19-11-12-20-7-3-4-9-22(20)16-19/h3-12,16,18H,13-15,17H2,1-2H3,(H,30,31,32). The number of aromatic nitrogens is 2. The van der Waals surface area contributed by atoms with E-state index in [1.165, 1.54) is 16.5 Å². The van der Waals surface area contributed by atoms with Gasteiger partial charge in [0.25, 0.3) is 0 Å². The fraction of sp³-hybridized carbons (Fsp3) is 0.250. The van der Waals surface area contributed by atoms with Crippen molar-refractivity contribution in [1.82, 2.24) is 9.97 Å². The van der Waals surface area contributed by atoms with Crippen LogP contribution >= 0.6 is 0 Å². The van der Waals surface area contributed by atoms with Crippen molar-refractivity contribution in [2.45, 2.75) is 39.5 Å². The minimum atomic E-state index is -0.0595. The fourth-order valence-electron chi connectivity index (χ4n) is 4.46. The molecule has 1 amide bonds. The second kappa shape index (κ2) is 8.54. The Morgan fingerprint density at radius 3 is 2.56 bits per heavy atom. The predicted molar refractivity (Wildman–Crippen MR) is 130 cm³/mol. The van der Waals surface area contributed by atoms with Crippen LogP contribution in [-0.2, 0) is 30.5 Å². The zero-order valence-electron chi connectivity index (χ0n) is 18.6. The van der Waals surface area contributed by atoms with Crippen LogP contribution in [0.4, 0.5) is 5.82 Å². The van der Waals surface area contributed by atoms with Crippen molar-refractivity contribution in [3.63, 3.8) is 0 Å². The van der Waals surface area contributed by atoms with Gasteiger partial charge in [0, 0.05) is 5.56 Å². The minimum Gasteiger partial charge on any atom is -0.309 e. The molecule has 3 aromatic carbocycles. The van der Waals surface area contributed by atoms with Crippen LogP contribution in [0.25, 0.3) is 22.0 Å². The highest BCUT2D eigenvalue weighted by atomic mass is 16.1. The van der Waals surface area contributed by atoms with Gasteiger partial charge in [0.05, 0.1) is 23.5 Å². The Kier molecular flexibility index (Phi) is 5.44. The minimum absolute atomic E-state index is 0.0595. The number of amides is 1. The summed E-state index contributed by atoms with van der Waals surface area (Å²) in [5.74, 6) is 0.968. The number of anilines is 1. The zero-order valence-corrected chi connectivity index (χ0v) is 18.6. The lowest BCUT2D eigenvalue weighted by molar-refractivity contribution is -0.115. The Bertz CT molecular complexity index is 1310. The van der Waals surface area contributed by atoms with Gasteiger partial charge in [-0.2, -0.15) is 0 Å². The first-order valence-electron chi connectivity index (χ1n) is 11.3. The molecule has 0 aliphatic heterocycles. The van der Waals surface area contributed by atoms with Crippen LogP contribution < -0.4 is 5.32 Å². The Morgan fingerprint density at radius 1 is 0.938 bits per heavy atom. The maximum Gasteiger partial charge on any atom is 0.229 e. The van der Waals surface area contributed by atoms with E-state index >= 15 is 0 Å². The van der Waals surface area contributed by atoms with Gasteiger partial charge in [0.1, 0.15) is 0 Å². The van der Waals surface area contributed by atoms with Crippen LogP contribution in [0.1, 0.15) is 36.4 Å². The smallest absolute Gasteiger partial charge is 0.229 e. The van der Waals surface area contributed by atoms with Gasteiger partial charge in [-0.05, 0) is 47.1 Å². The summed E-state index contributed by atoms with van der Waals surface area (Å²) in [7, 11) is 0. The van der Waals surface area contributed by atoms with Gasteiger partial charge in [0.15, 0.2) is 5.82 Å². The summed E-state index contributed by atoms with van der Waals surface area (Å²) in [4.78, 5) is 22.9. The number of carbonyl (C=O) groups excluding carboxylic acids is 1. The van der Waals surface area contributed by atoms with Crippen LogP contribution in [0, 0.1) is 5.92 Å². The van der Waals surface area contributed by atoms with E-state index in [0.717, 1.165) is 47.3 Å². The monoisotopic (exact) mass is 421 g/mol. The second-order valence-corrected chi connectivity index (χ2v) is 8.98. The Balaban J connectivity index is 1.44. The van der Waals surface area contributed by atoms with E-state index in [2.05, 4.69) is 67.7 Å². The number of nitrogens with zero attached hydrogens (tertiary/aromatic N) is 2. The van der Waals surface area contributed by atoms with E-state index in [-0.39, 0.29) is 5.91 Å². The average molecular weight is 422 g/mol. The highest BCUT2D eigenvalue weighted by Gasteiger charge is 2.22. The molecular weight excluding hydrogens is 394 g/mol. The molecule has 0 saturated heterocycles. The molecular formula is C28H27N3O. The van der Waals surface area contributed by atoms with Crippen LogP contribution in [0.2, 0.25) is 0 Å². The highest BCUT2D eigenvalue weighted by molar-refractivity contribution is 5.93. The third kappa shape index (κ3) is 4.13. The largest absolute Gasteiger partial charge is 0.309 e.